The van der Waals surface area contributed by atoms with Gasteiger partial charge in [-0.25, -0.2) is 0 Å². The van der Waals surface area contributed by atoms with Crippen LogP contribution in [0, 0.1) is 13.8 Å². The van der Waals surface area contributed by atoms with Crippen LogP contribution in [0.1, 0.15) is 29.9 Å². The normalized spacial score (nSPS) is 12.0. The van der Waals surface area contributed by atoms with Crippen LogP contribution < -0.4 is 10.6 Å². The molecule has 3 rings (SSSR count). The van der Waals surface area contributed by atoms with Crippen molar-refractivity contribution in [2.75, 3.05) is 16.8 Å². The Morgan fingerprint density at radius 1 is 1.04 bits per heavy atom. The van der Waals surface area contributed by atoms with E-state index in [1.807, 2.05) is 69.3 Å². The number of carbonyl (C=O) groups excluding carboxylic acids is 2. The summed E-state index contributed by atoms with van der Waals surface area (Å²) in [6, 6.07) is 15.3. The number of rotatable bonds is 7. The highest BCUT2D eigenvalue weighted by Crippen LogP contribution is 2.23. The maximum Gasteiger partial charge on any atom is 0.234 e. The van der Waals surface area contributed by atoms with E-state index in [1.54, 1.807) is 0 Å². The van der Waals surface area contributed by atoms with Gasteiger partial charge in [-0.15, -0.1) is 11.8 Å². The fourth-order valence-corrected chi connectivity index (χ4v) is 3.57. The molecule has 0 radical (unpaired) electrons. The standard InChI is InChI=1S/C22H24N2O3S/c1-14-8-9-18(15(2)10-14)24-22(26)13-28-12-21(25)23-16(3)20-11-17-6-4-5-7-19(17)27-20/h4-11,16H,12-13H2,1-3H3,(H,23,25)(H,24,26)/t16-/m1/s1. The number of para-hydroxylation sites is 1. The van der Waals surface area contributed by atoms with Crippen molar-refractivity contribution in [2.45, 2.75) is 26.8 Å². The molecule has 0 bridgehead atoms. The largest absolute Gasteiger partial charge is 0.459 e. The summed E-state index contributed by atoms with van der Waals surface area (Å²) in [7, 11) is 0. The van der Waals surface area contributed by atoms with E-state index in [1.165, 1.54) is 11.8 Å². The molecule has 3 aromatic rings. The first-order chi connectivity index (χ1) is 13.4. The van der Waals surface area contributed by atoms with Crippen LogP contribution >= 0.6 is 11.8 Å². The van der Waals surface area contributed by atoms with E-state index in [0.717, 1.165) is 27.8 Å². The predicted molar refractivity (Wildman–Crippen MR) is 115 cm³/mol. The minimum absolute atomic E-state index is 0.116. The van der Waals surface area contributed by atoms with Gasteiger partial charge in [-0.05, 0) is 44.5 Å². The van der Waals surface area contributed by atoms with Crippen LogP contribution in [0.5, 0.6) is 0 Å². The smallest absolute Gasteiger partial charge is 0.234 e. The van der Waals surface area contributed by atoms with Crippen molar-refractivity contribution >= 4 is 40.2 Å². The first-order valence-electron chi connectivity index (χ1n) is 9.15. The summed E-state index contributed by atoms with van der Waals surface area (Å²) in [6.45, 7) is 5.86. The Bertz CT molecular complexity index is 963. The molecule has 28 heavy (non-hydrogen) atoms. The van der Waals surface area contributed by atoms with Crippen molar-refractivity contribution in [2.24, 2.45) is 0 Å². The summed E-state index contributed by atoms with van der Waals surface area (Å²) in [4.78, 5) is 24.3. The van der Waals surface area contributed by atoms with Crippen molar-refractivity contribution in [3.8, 4) is 0 Å². The molecular formula is C22H24N2O3S. The summed E-state index contributed by atoms with van der Waals surface area (Å²) in [5.74, 6) is 0.907. The van der Waals surface area contributed by atoms with E-state index in [4.69, 9.17) is 4.42 Å². The number of benzene rings is 2. The number of furan rings is 1. The summed E-state index contributed by atoms with van der Waals surface area (Å²) in [5.41, 5.74) is 3.78. The Morgan fingerprint density at radius 2 is 1.79 bits per heavy atom. The highest BCUT2D eigenvalue weighted by Gasteiger charge is 2.14. The van der Waals surface area contributed by atoms with Crippen molar-refractivity contribution < 1.29 is 14.0 Å². The van der Waals surface area contributed by atoms with Crippen LogP contribution in [0.15, 0.2) is 52.9 Å². The topological polar surface area (TPSA) is 71.3 Å². The quantitative estimate of drug-likeness (QED) is 0.612. The monoisotopic (exact) mass is 396 g/mol. The Morgan fingerprint density at radius 3 is 2.54 bits per heavy atom. The Kier molecular flexibility index (Phi) is 6.41. The molecule has 1 aromatic heterocycles. The highest BCUT2D eigenvalue weighted by atomic mass is 32.2. The molecule has 2 amide bonds. The lowest BCUT2D eigenvalue weighted by Crippen LogP contribution is -2.28. The molecule has 0 aliphatic carbocycles. The molecule has 0 unspecified atom stereocenters. The Balaban J connectivity index is 1.44. The fourth-order valence-electron chi connectivity index (χ4n) is 2.95. The van der Waals surface area contributed by atoms with Crippen LogP contribution in [-0.4, -0.2) is 23.3 Å². The Hall–Kier alpha value is -2.73. The molecule has 2 aromatic carbocycles. The summed E-state index contributed by atoms with van der Waals surface area (Å²) in [6.07, 6.45) is 0. The first kappa shape index (κ1) is 20.0. The van der Waals surface area contributed by atoms with E-state index in [-0.39, 0.29) is 29.4 Å². The van der Waals surface area contributed by atoms with Crippen LogP contribution in [0.3, 0.4) is 0 Å². The number of thioether (sulfide) groups is 1. The number of hydrogen-bond acceptors (Lipinski definition) is 4. The summed E-state index contributed by atoms with van der Waals surface area (Å²) < 4.78 is 5.77. The first-order valence-corrected chi connectivity index (χ1v) is 10.3. The van der Waals surface area contributed by atoms with E-state index in [2.05, 4.69) is 10.6 Å². The van der Waals surface area contributed by atoms with Gasteiger partial charge in [-0.3, -0.25) is 9.59 Å². The van der Waals surface area contributed by atoms with Gasteiger partial charge in [0.05, 0.1) is 17.5 Å². The highest BCUT2D eigenvalue weighted by molar-refractivity contribution is 8.00. The molecule has 1 atom stereocenters. The number of fused-ring (bicyclic) bond motifs is 1. The average Bonchev–Trinajstić information content (AvgIpc) is 3.08. The lowest BCUT2D eigenvalue weighted by atomic mass is 10.1. The molecule has 0 spiro atoms. The van der Waals surface area contributed by atoms with Crippen molar-refractivity contribution in [1.29, 1.82) is 0 Å². The molecule has 1 heterocycles. The molecule has 146 valence electrons. The molecular weight excluding hydrogens is 372 g/mol. The number of hydrogen-bond donors (Lipinski definition) is 2. The third kappa shape index (κ3) is 5.16. The fraction of sp³-hybridized carbons (Fsp3) is 0.273. The Labute approximate surface area is 168 Å². The van der Waals surface area contributed by atoms with Crippen molar-refractivity contribution in [1.82, 2.24) is 5.32 Å². The third-order valence-electron chi connectivity index (χ3n) is 4.37. The molecule has 5 nitrogen and oxygen atoms in total. The van der Waals surface area contributed by atoms with Gasteiger partial charge in [-0.2, -0.15) is 0 Å². The summed E-state index contributed by atoms with van der Waals surface area (Å²) >= 11 is 1.29. The van der Waals surface area contributed by atoms with E-state index >= 15 is 0 Å². The van der Waals surface area contributed by atoms with Crippen LogP contribution in [0.4, 0.5) is 5.69 Å². The second kappa shape index (κ2) is 8.97. The lowest BCUT2D eigenvalue weighted by molar-refractivity contribution is -0.119. The van der Waals surface area contributed by atoms with Gasteiger partial charge in [0, 0.05) is 11.1 Å². The maximum atomic E-state index is 12.2. The lowest BCUT2D eigenvalue weighted by Gasteiger charge is -2.11. The third-order valence-corrected chi connectivity index (χ3v) is 5.30. The van der Waals surface area contributed by atoms with Crippen molar-refractivity contribution in [3.05, 3.63) is 65.4 Å². The van der Waals surface area contributed by atoms with Crippen LogP contribution in [0.25, 0.3) is 11.0 Å². The number of anilines is 1. The van der Waals surface area contributed by atoms with E-state index in [9.17, 15) is 9.59 Å². The zero-order valence-corrected chi connectivity index (χ0v) is 17.1. The van der Waals surface area contributed by atoms with E-state index < -0.39 is 0 Å². The number of nitrogens with one attached hydrogen (secondary N) is 2. The molecule has 0 saturated heterocycles. The SMILES string of the molecule is Cc1ccc(NC(=O)CSCC(=O)N[C@H](C)c2cc3ccccc3o2)c(C)c1. The van der Waals surface area contributed by atoms with Gasteiger partial charge in [0.2, 0.25) is 11.8 Å². The number of carbonyl (C=O) groups is 2. The second-order valence-corrected chi connectivity index (χ2v) is 7.82. The van der Waals surface area contributed by atoms with Gasteiger partial charge >= 0.3 is 0 Å². The number of amides is 2. The molecule has 0 aliphatic heterocycles. The summed E-state index contributed by atoms with van der Waals surface area (Å²) in [5, 5.41) is 6.81. The van der Waals surface area contributed by atoms with Crippen LogP contribution in [-0.2, 0) is 9.59 Å². The van der Waals surface area contributed by atoms with E-state index in [0.29, 0.717) is 5.76 Å². The maximum absolute atomic E-state index is 12.2. The van der Waals surface area contributed by atoms with Gasteiger partial charge in [0.15, 0.2) is 0 Å². The molecule has 0 fully saturated rings. The predicted octanol–water partition coefficient (Wildman–Crippen LogP) is 4.60. The molecule has 2 N–H and O–H groups in total. The van der Waals surface area contributed by atoms with Gasteiger partial charge in [0.1, 0.15) is 11.3 Å². The van der Waals surface area contributed by atoms with Crippen LogP contribution in [0.2, 0.25) is 0 Å². The minimum Gasteiger partial charge on any atom is -0.459 e. The molecule has 6 heteroatoms. The molecule has 0 aliphatic rings. The van der Waals surface area contributed by atoms with Gasteiger partial charge < -0.3 is 15.1 Å². The van der Waals surface area contributed by atoms with Gasteiger partial charge in [0.25, 0.3) is 0 Å². The van der Waals surface area contributed by atoms with Crippen molar-refractivity contribution in [3.63, 3.8) is 0 Å². The zero-order valence-electron chi connectivity index (χ0n) is 16.2. The minimum atomic E-state index is -0.232. The zero-order chi connectivity index (χ0) is 20.1. The second-order valence-electron chi connectivity index (χ2n) is 6.84. The molecule has 0 saturated carbocycles. The number of aryl methyl sites for hydroxylation is 2. The van der Waals surface area contributed by atoms with Gasteiger partial charge in [-0.1, -0.05) is 35.9 Å². The average molecular weight is 397 g/mol.